The Labute approximate surface area is 295 Å². The lowest BCUT2D eigenvalue weighted by molar-refractivity contribution is 0.669. The second-order valence-electron chi connectivity index (χ2n) is 12.8. The number of nitrogens with zero attached hydrogens (tertiary/aromatic N) is 4. The van der Waals surface area contributed by atoms with Gasteiger partial charge in [0.15, 0.2) is 17.5 Å². The maximum Gasteiger partial charge on any atom is 0.164 e. The van der Waals surface area contributed by atoms with Crippen molar-refractivity contribution in [3.05, 3.63) is 158 Å². The van der Waals surface area contributed by atoms with Gasteiger partial charge in [-0.25, -0.2) is 15.0 Å². The number of fused-ring (bicyclic) bond motifs is 10. The summed E-state index contributed by atoms with van der Waals surface area (Å²) in [6.45, 7) is 0. The fourth-order valence-electron chi connectivity index (χ4n) is 7.53. The third kappa shape index (κ3) is 4.37. The Hall–Kier alpha value is -6.63. The van der Waals surface area contributed by atoms with E-state index >= 15 is 0 Å². The molecule has 0 aliphatic rings. The third-order valence-corrected chi connectivity index (χ3v) is 11.0. The van der Waals surface area contributed by atoms with Gasteiger partial charge in [0.05, 0.1) is 11.0 Å². The molecule has 5 nitrogen and oxygen atoms in total. The molecule has 0 aliphatic carbocycles. The first kappa shape index (κ1) is 28.2. The fraction of sp³-hybridized carbons (Fsp3) is 0. The summed E-state index contributed by atoms with van der Waals surface area (Å²) < 4.78 is 11.2. The molecule has 0 saturated carbocycles. The summed E-state index contributed by atoms with van der Waals surface area (Å²) in [6, 6.07) is 54.9. The highest BCUT2D eigenvalue weighted by atomic mass is 32.1. The van der Waals surface area contributed by atoms with E-state index in [9.17, 15) is 0 Å². The molecule has 6 heteroatoms. The average molecular weight is 671 g/mol. The first-order chi connectivity index (χ1) is 25.3. The van der Waals surface area contributed by atoms with Crippen LogP contribution in [-0.2, 0) is 0 Å². The molecule has 0 aliphatic heterocycles. The molecule has 0 saturated heterocycles. The molecule has 51 heavy (non-hydrogen) atoms. The average Bonchev–Trinajstić information content (AvgIpc) is 3.87. The Bertz CT molecular complexity index is 3150. The Balaban J connectivity index is 1.14. The van der Waals surface area contributed by atoms with E-state index in [0.717, 1.165) is 49.8 Å². The van der Waals surface area contributed by atoms with Crippen molar-refractivity contribution in [3.63, 3.8) is 0 Å². The summed E-state index contributed by atoms with van der Waals surface area (Å²) in [5.41, 5.74) is 7.79. The van der Waals surface area contributed by atoms with Crippen molar-refractivity contribution in [2.45, 2.75) is 0 Å². The van der Waals surface area contributed by atoms with Gasteiger partial charge in [-0.2, -0.15) is 0 Å². The normalized spacial score (nSPS) is 11.9. The smallest absolute Gasteiger partial charge is 0.164 e. The Kier molecular flexibility index (Phi) is 6.05. The van der Waals surface area contributed by atoms with Crippen LogP contribution in [0.15, 0.2) is 162 Å². The molecule has 0 N–H and O–H groups in total. The number of aromatic nitrogens is 4. The van der Waals surface area contributed by atoms with Crippen molar-refractivity contribution in [2.24, 2.45) is 0 Å². The van der Waals surface area contributed by atoms with Crippen LogP contribution in [0.3, 0.4) is 0 Å². The topological polar surface area (TPSA) is 56.7 Å². The maximum atomic E-state index is 6.25. The molecular formula is C45H26N4OS. The van der Waals surface area contributed by atoms with Gasteiger partial charge >= 0.3 is 0 Å². The Morgan fingerprint density at radius 2 is 1.08 bits per heavy atom. The van der Waals surface area contributed by atoms with E-state index in [4.69, 9.17) is 19.4 Å². The number of benzene rings is 7. The largest absolute Gasteiger partial charge is 0.456 e. The third-order valence-electron chi connectivity index (χ3n) is 9.84. The quantitative estimate of drug-likeness (QED) is 0.187. The highest BCUT2D eigenvalue weighted by Crippen LogP contribution is 2.43. The molecule has 0 atom stereocenters. The second kappa shape index (κ2) is 10.9. The van der Waals surface area contributed by atoms with Crippen LogP contribution in [0.1, 0.15) is 0 Å². The summed E-state index contributed by atoms with van der Waals surface area (Å²) in [5, 5.41) is 7.18. The summed E-state index contributed by atoms with van der Waals surface area (Å²) in [4.78, 5) is 15.2. The second-order valence-corrected chi connectivity index (χ2v) is 13.9. The molecule has 0 spiro atoms. The predicted octanol–water partition coefficient (Wildman–Crippen LogP) is 12.2. The number of thiophene rings is 1. The van der Waals surface area contributed by atoms with Crippen molar-refractivity contribution in [3.8, 4) is 39.9 Å². The molecule has 0 amide bonds. The van der Waals surface area contributed by atoms with Gasteiger partial charge in [-0.3, -0.25) is 0 Å². The van der Waals surface area contributed by atoms with E-state index < -0.39 is 0 Å². The van der Waals surface area contributed by atoms with Crippen molar-refractivity contribution >= 4 is 75.3 Å². The lowest BCUT2D eigenvalue weighted by Crippen LogP contribution is -2.01. The molecule has 0 unspecified atom stereocenters. The van der Waals surface area contributed by atoms with Crippen LogP contribution in [0.2, 0.25) is 0 Å². The molecule has 0 bridgehead atoms. The number of rotatable bonds is 4. The van der Waals surface area contributed by atoms with E-state index in [-0.39, 0.29) is 0 Å². The summed E-state index contributed by atoms with van der Waals surface area (Å²) in [6.07, 6.45) is 0. The highest BCUT2D eigenvalue weighted by molar-refractivity contribution is 7.26. The first-order valence-corrected chi connectivity index (χ1v) is 17.8. The van der Waals surface area contributed by atoms with E-state index in [1.54, 1.807) is 0 Å². The molecule has 0 fully saturated rings. The molecule has 238 valence electrons. The van der Waals surface area contributed by atoms with Crippen LogP contribution < -0.4 is 0 Å². The lowest BCUT2D eigenvalue weighted by atomic mass is 10.1. The molecular weight excluding hydrogens is 645 g/mol. The predicted molar refractivity (Wildman–Crippen MR) is 211 cm³/mol. The minimum absolute atomic E-state index is 0.593. The summed E-state index contributed by atoms with van der Waals surface area (Å²) in [7, 11) is 0. The number of hydrogen-bond acceptors (Lipinski definition) is 5. The van der Waals surface area contributed by atoms with Crippen molar-refractivity contribution in [2.75, 3.05) is 0 Å². The number of hydrogen-bond donors (Lipinski definition) is 0. The van der Waals surface area contributed by atoms with Gasteiger partial charge in [0, 0.05) is 64.1 Å². The van der Waals surface area contributed by atoms with Gasteiger partial charge in [-0.1, -0.05) is 109 Å². The monoisotopic (exact) mass is 670 g/mol. The number of furan rings is 1. The Morgan fingerprint density at radius 1 is 0.431 bits per heavy atom. The van der Waals surface area contributed by atoms with Crippen molar-refractivity contribution in [1.29, 1.82) is 0 Å². The molecule has 4 heterocycles. The van der Waals surface area contributed by atoms with Gasteiger partial charge in [-0.15, -0.1) is 11.3 Å². The van der Waals surface area contributed by atoms with Crippen LogP contribution in [0.4, 0.5) is 0 Å². The zero-order chi connectivity index (χ0) is 33.5. The van der Waals surface area contributed by atoms with Crippen LogP contribution in [-0.4, -0.2) is 19.5 Å². The van der Waals surface area contributed by atoms with Gasteiger partial charge < -0.3 is 8.98 Å². The van der Waals surface area contributed by atoms with E-state index in [1.807, 2.05) is 65.9 Å². The zero-order valence-corrected chi connectivity index (χ0v) is 27.9. The molecule has 4 aromatic heterocycles. The van der Waals surface area contributed by atoms with Gasteiger partial charge in [0.2, 0.25) is 0 Å². The van der Waals surface area contributed by atoms with Crippen LogP contribution in [0, 0.1) is 0 Å². The highest BCUT2D eigenvalue weighted by Gasteiger charge is 2.19. The minimum Gasteiger partial charge on any atom is -0.456 e. The SMILES string of the molecule is c1ccc(-c2nc(-c3cccc(-n4c5ccccc5c5ccc6sc7ccccc7c6c54)c3)nc(-c3ccc4c(c3)oc3ccccc34)n2)cc1. The standard InChI is InChI=1S/C45H26N4OS/c1-2-11-27(12-3-1)43-46-44(48-45(47-43)29-21-22-33-32-16-5-8-19-37(32)50-38(33)26-29)28-13-10-14-30(25-28)49-36-18-7-4-15-31(36)34-23-24-40-41(42(34)49)35-17-6-9-20-39(35)51-40/h1-26H. The van der Waals surface area contributed by atoms with E-state index in [1.165, 1.54) is 36.5 Å². The summed E-state index contributed by atoms with van der Waals surface area (Å²) in [5.74, 6) is 1.82. The Morgan fingerprint density at radius 3 is 1.94 bits per heavy atom. The van der Waals surface area contributed by atoms with Crippen molar-refractivity contribution in [1.82, 2.24) is 19.5 Å². The maximum absolute atomic E-state index is 6.25. The van der Waals surface area contributed by atoms with Crippen LogP contribution in [0.25, 0.3) is 104 Å². The molecule has 11 rings (SSSR count). The van der Waals surface area contributed by atoms with Crippen LogP contribution >= 0.6 is 11.3 Å². The van der Waals surface area contributed by atoms with Gasteiger partial charge in [-0.05, 0) is 48.5 Å². The molecule has 0 radical (unpaired) electrons. The van der Waals surface area contributed by atoms with E-state index in [0.29, 0.717) is 17.5 Å². The van der Waals surface area contributed by atoms with Gasteiger partial charge in [0.25, 0.3) is 0 Å². The summed E-state index contributed by atoms with van der Waals surface area (Å²) >= 11 is 1.84. The molecule has 11 aromatic rings. The van der Waals surface area contributed by atoms with E-state index in [2.05, 4.69) is 108 Å². The number of para-hydroxylation sites is 2. The van der Waals surface area contributed by atoms with Crippen molar-refractivity contribution < 1.29 is 4.42 Å². The minimum atomic E-state index is 0.593. The lowest BCUT2D eigenvalue weighted by Gasteiger charge is -2.12. The van der Waals surface area contributed by atoms with Gasteiger partial charge in [0.1, 0.15) is 11.2 Å². The zero-order valence-electron chi connectivity index (χ0n) is 27.1. The molecule has 7 aromatic carbocycles. The first-order valence-electron chi connectivity index (χ1n) is 16.9. The fourth-order valence-corrected chi connectivity index (χ4v) is 8.64. The van der Waals surface area contributed by atoms with Crippen LogP contribution in [0.5, 0.6) is 0 Å².